The molecule has 1 N–H and O–H groups in total. The summed E-state index contributed by atoms with van der Waals surface area (Å²) in [5, 5.41) is 2.86. The predicted octanol–water partition coefficient (Wildman–Crippen LogP) is 0.344. The van der Waals surface area contributed by atoms with Crippen molar-refractivity contribution in [3.8, 4) is 0 Å². The normalized spacial score (nSPS) is 13.0. The fourth-order valence-corrected chi connectivity index (χ4v) is 3.10. The molecule has 4 nitrogen and oxygen atoms in total. The summed E-state index contributed by atoms with van der Waals surface area (Å²) in [5.74, 6) is -0.0231. The Morgan fingerprint density at radius 2 is 2.00 bits per heavy atom. The maximum atomic E-state index is 10.9. The van der Waals surface area contributed by atoms with Gasteiger partial charge < -0.3 is 14.2 Å². The van der Waals surface area contributed by atoms with Gasteiger partial charge in [-0.3, -0.25) is 4.79 Å². The average Bonchev–Trinajstić information content (AvgIpc) is 2.05. The van der Waals surface area contributed by atoms with Crippen LogP contribution in [0.15, 0.2) is 0 Å². The van der Waals surface area contributed by atoms with Gasteiger partial charge in [0.1, 0.15) is 0 Å². The van der Waals surface area contributed by atoms with Crippen molar-refractivity contribution in [2.75, 3.05) is 14.2 Å². The zero-order valence-electron chi connectivity index (χ0n) is 8.79. The Balaban J connectivity index is 4.11. The molecular formula is C8H19NO3Si. The van der Waals surface area contributed by atoms with Crippen molar-refractivity contribution >= 4 is 15.2 Å². The van der Waals surface area contributed by atoms with Gasteiger partial charge in [0.2, 0.25) is 5.91 Å². The molecule has 0 aromatic heterocycles. The number of rotatable bonds is 6. The molecule has 1 atom stereocenters. The van der Waals surface area contributed by atoms with E-state index in [9.17, 15) is 4.79 Å². The Bertz CT molecular complexity index is 150. The van der Waals surface area contributed by atoms with Crippen LogP contribution in [-0.4, -0.2) is 35.1 Å². The zero-order chi connectivity index (χ0) is 10.3. The minimum atomic E-state index is -1.71. The van der Waals surface area contributed by atoms with Gasteiger partial charge in [0, 0.05) is 21.1 Å². The smallest absolute Gasteiger partial charge is 0.344 e. The topological polar surface area (TPSA) is 47.6 Å². The number of carbonyl (C=O) groups is 1. The number of amides is 1. The van der Waals surface area contributed by atoms with Gasteiger partial charge in [0.25, 0.3) is 0 Å². The number of hydrogen-bond acceptors (Lipinski definition) is 3. The van der Waals surface area contributed by atoms with Crippen molar-refractivity contribution in [2.45, 2.75) is 32.4 Å². The molecule has 5 heteroatoms. The molecule has 0 spiro atoms. The number of nitrogens with one attached hydrogen (secondary N) is 1. The van der Waals surface area contributed by atoms with Crippen LogP contribution in [0.3, 0.4) is 0 Å². The van der Waals surface area contributed by atoms with Crippen LogP contribution in [0.2, 0.25) is 0 Å². The van der Waals surface area contributed by atoms with E-state index in [0.717, 1.165) is 12.8 Å². The summed E-state index contributed by atoms with van der Waals surface area (Å²) in [7, 11) is 1.55. The van der Waals surface area contributed by atoms with E-state index >= 15 is 0 Å². The van der Waals surface area contributed by atoms with E-state index in [-0.39, 0.29) is 11.6 Å². The van der Waals surface area contributed by atoms with Crippen LogP contribution in [0, 0.1) is 0 Å². The predicted molar refractivity (Wildman–Crippen MR) is 53.7 cm³/mol. The first kappa shape index (κ1) is 12.6. The lowest BCUT2D eigenvalue weighted by Crippen LogP contribution is -2.47. The zero-order valence-corrected chi connectivity index (χ0v) is 9.95. The molecule has 0 rings (SSSR count). The molecule has 0 aromatic carbocycles. The first-order valence-corrected chi connectivity index (χ1v) is 6.09. The Hall–Kier alpha value is -0.393. The summed E-state index contributed by atoms with van der Waals surface area (Å²) in [4.78, 5) is 10.9. The SMILES string of the molecule is CCCC(NC(C)=O)[SiH](OC)OC. The van der Waals surface area contributed by atoms with Crippen molar-refractivity contribution in [3.05, 3.63) is 0 Å². The van der Waals surface area contributed by atoms with E-state index in [1.807, 2.05) is 0 Å². The van der Waals surface area contributed by atoms with Crippen LogP contribution in [-0.2, 0) is 13.6 Å². The Kier molecular flexibility index (Phi) is 6.84. The van der Waals surface area contributed by atoms with Crippen molar-refractivity contribution in [3.63, 3.8) is 0 Å². The van der Waals surface area contributed by atoms with Gasteiger partial charge in [-0.1, -0.05) is 13.3 Å². The van der Waals surface area contributed by atoms with Gasteiger partial charge in [-0.05, 0) is 6.42 Å². The Morgan fingerprint density at radius 3 is 2.31 bits per heavy atom. The molecule has 0 aliphatic rings. The van der Waals surface area contributed by atoms with E-state index < -0.39 is 9.28 Å². The third-order valence-corrected chi connectivity index (χ3v) is 3.87. The van der Waals surface area contributed by atoms with Crippen LogP contribution >= 0.6 is 0 Å². The standard InChI is InChI=1S/C8H19NO3Si/c1-5-6-8(9-7(2)10)13(11-3)12-4/h8,13H,5-6H2,1-4H3,(H,9,10). The third-order valence-electron chi connectivity index (χ3n) is 1.78. The molecule has 0 heterocycles. The summed E-state index contributed by atoms with van der Waals surface area (Å²) in [6.45, 7) is 3.59. The summed E-state index contributed by atoms with van der Waals surface area (Å²) in [6.07, 6.45) is 1.93. The van der Waals surface area contributed by atoms with Gasteiger partial charge in [-0.2, -0.15) is 0 Å². The van der Waals surface area contributed by atoms with Crippen LogP contribution < -0.4 is 5.32 Å². The largest absolute Gasteiger partial charge is 0.399 e. The monoisotopic (exact) mass is 205 g/mol. The van der Waals surface area contributed by atoms with Crippen LogP contribution in [0.5, 0.6) is 0 Å². The van der Waals surface area contributed by atoms with Crippen molar-refractivity contribution in [1.29, 1.82) is 0 Å². The molecule has 1 amide bonds. The number of carbonyl (C=O) groups excluding carboxylic acids is 1. The summed E-state index contributed by atoms with van der Waals surface area (Å²) >= 11 is 0. The number of hydrogen-bond donors (Lipinski definition) is 1. The molecule has 0 radical (unpaired) electrons. The van der Waals surface area contributed by atoms with E-state index in [1.165, 1.54) is 6.92 Å². The quantitative estimate of drug-likeness (QED) is 0.636. The Labute approximate surface area is 81.5 Å². The molecule has 78 valence electrons. The van der Waals surface area contributed by atoms with Gasteiger partial charge in [0.05, 0.1) is 5.67 Å². The van der Waals surface area contributed by atoms with Gasteiger partial charge >= 0.3 is 9.28 Å². The van der Waals surface area contributed by atoms with Crippen molar-refractivity contribution < 1.29 is 13.6 Å². The van der Waals surface area contributed by atoms with Crippen LogP contribution in [0.1, 0.15) is 26.7 Å². The lowest BCUT2D eigenvalue weighted by Gasteiger charge is -2.22. The Morgan fingerprint density at radius 1 is 1.46 bits per heavy atom. The maximum Gasteiger partial charge on any atom is 0.344 e. The van der Waals surface area contributed by atoms with Crippen LogP contribution in [0.25, 0.3) is 0 Å². The highest BCUT2D eigenvalue weighted by molar-refractivity contribution is 6.46. The molecule has 1 unspecified atom stereocenters. The molecule has 0 aliphatic carbocycles. The summed E-state index contributed by atoms with van der Waals surface area (Å²) in [6, 6.07) is 0. The van der Waals surface area contributed by atoms with Gasteiger partial charge in [0.15, 0.2) is 0 Å². The molecule has 0 fully saturated rings. The lowest BCUT2D eigenvalue weighted by molar-refractivity contribution is -0.119. The van der Waals surface area contributed by atoms with Gasteiger partial charge in [-0.25, -0.2) is 0 Å². The van der Waals surface area contributed by atoms with Crippen molar-refractivity contribution in [2.24, 2.45) is 0 Å². The highest BCUT2D eigenvalue weighted by atomic mass is 28.3. The summed E-state index contributed by atoms with van der Waals surface area (Å²) in [5.41, 5.74) is 0.0810. The maximum absolute atomic E-state index is 10.9. The second-order valence-corrected chi connectivity index (χ2v) is 5.42. The first-order chi connectivity index (χ1) is 6.15. The highest BCUT2D eigenvalue weighted by Gasteiger charge is 2.23. The second-order valence-electron chi connectivity index (χ2n) is 2.94. The highest BCUT2D eigenvalue weighted by Crippen LogP contribution is 2.02. The first-order valence-electron chi connectivity index (χ1n) is 4.48. The third kappa shape index (κ3) is 5.02. The molecule has 0 aromatic rings. The van der Waals surface area contributed by atoms with E-state index in [2.05, 4.69) is 12.2 Å². The molecule has 0 saturated carbocycles. The molecule has 0 bridgehead atoms. The van der Waals surface area contributed by atoms with Crippen molar-refractivity contribution in [1.82, 2.24) is 5.32 Å². The molecule has 13 heavy (non-hydrogen) atoms. The minimum absolute atomic E-state index is 0.0231. The fourth-order valence-electron chi connectivity index (χ4n) is 1.27. The second kappa shape index (κ2) is 7.05. The lowest BCUT2D eigenvalue weighted by atomic mass is 10.3. The molecular weight excluding hydrogens is 186 g/mol. The average molecular weight is 205 g/mol. The molecule has 0 saturated heterocycles. The fraction of sp³-hybridized carbons (Fsp3) is 0.875. The van der Waals surface area contributed by atoms with Gasteiger partial charge in [-0.15, -0.1) is 0 Å². The minimum Gasteiger partial charge on any atom is -0.399 e. The van der Waals surface area contributed by atoms with E-state index in [4.69, 9.17) is 8.85 Å². The van der Waals surface area contributed by atoms with Crippen LogP contribution in [0.4, 0.5) is 0 Å². The molecule has 0 aliphatic heterocycles. The summed E-state index contributed by atoms with van der Waals surface area (Å²) < 4.78 is 10.4. The van der Waals surface area contributed by atoms with E-state index in [0.29, 0.717) is 0 Å². The van der Waals surface area contributed by atoms with E-state index in [1.54, 1.807) is 14.2 Å².